The molecule has 1 aromatic heterocycles. The van der Waals surface area contributed by atoms with Gasteiger partial charge in [-0.1, -0.05) is 6.92 Å². The first-order chi connectivity index (χ1) is 12.2. The van der Waals surface area contributed by atoms with Crippen LogP contribution in [0.2, 0.25) is 0 Å². The van der Waals surface area contributed by atoms with E-state index in [1.807, 2.05) is 20.8 Å². The number of benzene rings is 1. The van der Waals surface area contributed by atoms with E-state index in [1.165, 1.54) is 13.2 Å². The maximum absolute atomic E-state index is 12.8. The summed E-state index contributed by atoms with van der Waals surface area (Å²) in [5, 5.41) is 0.406. The normalized spacial score (nSPS) is 18.2. The van der Waals surface area contributed by atoms with Crippen molar-refractivity contribution in [2.45, 2.75) is 52.6 Å². The molecular weight excluding hydrogens is 336 g/mol. The highest BCUT2D eigenvalue weighted by molar-refractivity contribution is 5.94. The molecule has 1 aliphatic heterocycles. The van der Waals surface area contributed by atoms with Crippen LogP contribution in [0.25, 0.3) is 11.0 Å². The summed E-state index contributed by atoms with van der Waals surface area (Å²) >= 11 is 0. The Morgan fingerprint density at radius 2 is 2.08 bits per heavy atom. The average Bonchev–Trinajstić information content (AvgIpc) is 2.53. The molecular formula is C20H24O6. The van der Waals surface area contributed by atoms with E-state index in [2.05, 4.69) is 6.92 Å². The van der Waals surface area contributed by atoms with Gasteiger partial charge >= 0.3 is 5.97 Å². The molecule has 140 valence electrons. The lowest BCUT2D eigenvalue weighted by Gasteiger charge is -2.38. The fraction of sp³-hybridized carbons (Fsp3) is 0.500. The fourth-order valence-electron chi connectivity index (χ4n) is 3.88. The first-order valence-corrected chi connectivity index (χ1v) is 8.74. The largest absolute Gasteiger partial charge is 0.490 e. The van der Waals surface area contributed by atoms with Crippen LogP contribution in [-0.2, 0) is 4.74 Å². The summed E-state index contributed by atoms with van der Waals surface area (Å²) in [6.07, 6.45) is 0.821. The summed E-state index contributed by atoms with van der Waals surface area (Å²) in [6.45, 7) is 9.88. The van der Waals surface area contributed by atoms with Gasteiger partial charge in [-0.25, -0.2) is 4.79 Å². The highest BCUT2D eigenvalue weighted by Gasteiger charge is 2.37. The van der Waals surface area contributed by atoms with Gasteiger partial charge in [-0.15, -0.1) is 0 Å². The maximum Gasteiger partial charge on any atom is 0.374 e. The first-order valence-electron chi connectivity index (χ1n) is 8.74. The molecule has 1 aliphatic rings. The second-order valence-electron chi connectivity index (χ2n) is 7.27. The van der Waals surface area contributed by atoms with Crippen molar-refractivity contribution >= 4 is 16.9 Å². The van der Waals surface area contributed by atoms with Gasteiger partial charge in [0.05, 0.1) is 19.1 Å². The van der Waals surface area contributed by atoms with Crippen molar-refractivity contribution in [3.05, 3.63) is 33.2 Å². The summed E-state index contributed by atoms with van der Waals surface area (Å²) in [5.74, 6) is 0.272. The third kappa shape index (κ3) is 2.83. The van der Waals surface area contributed by atoms with Crippen LogP contribution in [0.3, 0.4) is 0 Å². The van der Waals surface area contributed by atoms with E-state index in [0.717, 1.165) is 17.5 Å². The fourth-order valence-corrected chi connectivity index (χ4v) is 3.88. The number of carbonyl (C=O) groups excluding carboxylic acids is 1. The van der Waals surface area contributed by atoms with Crippen LogP contribution in [0.5, 0.6) is 11.5 Å². The molecule has 26 heavy (non-hydrogen) atoms. The smallest absolute Gasteiger partial charge is 0.374 e. The molecule has 6 nitrogen and oxygen atoms in total. The lowest BCUT2D eigenvalue weighted by molar-refractivity contribution is 0.0489. The molecule has 0 fully saturated rings. The van der Waals surface area contributed by atoms with Crippen molar-refractivity contribution in [3.63, 3.8) is 0 Å². The van der Waals surface area contributed by atoms with Crippen molar-refractivity contribution in [2.75, 3.05) is 13.7 Å². The molecule has 0 aliphatic carbocycles. The van der Waals surface area contributed by atoms with Crippen LogP contribution in [0.15, 0.2) is 15.3 Å². The Morgan fingerprint density at radius 3 is 2.69 bits per heavy atom. The molecule has 2 heterocycles. The lowest BCUT2D eigenvalue weighted by atomic mass is 9.82. The Morgan fingerprint density at radius 1 is 1.38 bits per heavy atom. The Labute approximate surface area is 152 Å². The zero-order chi connectivity index (χ0) is 19.2. The quantitative estimate of drug-likeness (QED) is 0.772. The van der Waals surface area contributed by atoms with Crippen molar-refractivity contribution in [3.8, 4) is 11.5 Å². The monoisotopic (exact) mass is 360 g/mol. The van der Waals surface area contributed by atoms with Crippen molar-refractivity contribution < 1.29 is 23.4 Å². The van der Waals surface area contributed by atoms with Gasteiger partial charge in [0.25, 0.3) is 0 Å². The minimum atomic E-state index is -0.682. The van der Waals surface area contributed by atoms with Gasteiger partial charge in [0, 0.05) is 11.6 Å². The van der Waals surface area contributed by atoms with E-state index in [4.69, 9.17) is 18.6 Å². The zero-order valence-corrected chi connectivity index (χ0v) is 16.0. The van der Waals surface area contributed by atoms with E-state index >= 15 is 0 Å². The van der Waals surface area contributed by atoms with Gasteiger partial charge in [-0.2, -0.15) is 0 Å². The number of hydrogen-bond donors (Lipinski definition) is 0. The minimum Gasteiger partial charge on any atom is -0.490 e. The van der Waals surface area contributed by atoms with Gasteiger partial charge in [0.1, 0.15) is 5.60 Å². The van der Waals surface area contributed by atoms with Crippen LogP contribution >= 0.6 is 0 Å². The standard InChI is InChI=1S/C20H24O6/c1-7-24-19(22)13-8-12(21)15-11(3)14-10(2)9-20(4,5)26-17(14)18(23-6)16(15)25-13/h8,10H,7,9H2,1-6H3. The van der Waals surface area contributed by atoms with E-state index in [-0.39, 0.29) is 34.9 Å². The van der Waals surface area contributed by atoms with Crippen LogP contribution < -0.4 is 14.9 Å². The third-order valence-electron chi connectivity index (χ3n) is 4.73. The van der Waals surface area contributed by atoms with Crippen LogP contribution in [0, 0.1) is 6.92 Å². The molecule has 1 unspecified atom stereocenters. The Balaban J connectivity index is 2.38. The third-order valence-corrected chi connectivity index (χ3v) is 4.73. The van der Waals surface area contributed by atoms with Gasteiger partial charge in [-0.05, 0) is 45.6 Å². The molecule has 0 spiro atoms. The Bertz CT molecular complexity index is 938. The lowest BCUT2D eigenvalue weighted by Crippen LogP contribution is -2.35. The Kier molecular flexibility index (Phi) is 4.46. The zero-order valence-electron chi connectivity index (χ0n) is 16.0. The molecule has 0 N–H and O–H groups in total. The molecule has 6 heteroatoms. The molecule has 2 aromatic rings. The second kappa shape index (κ2) is 6.34. The van der Waals surface area contributed by atoms with Crippen molar-refractivity contribution in [1.29, 1.82) is 0 Å². The van der Waals surface area contributed by atoms with Gasteiger partial charge in [-0.3, -0.25) is 4.79 Å². The van der Waals surface area contributed by atoms with Gasteiger partial charge < -0.3 is 18.6 Å². The first kappa shape index (κ1) is 18.3. The summed E-state index contributed by atoms with van der Waals surface area (Å²) in [6, 6.07) is 1.18. The topological polar surface area (TPSA) is 75.0 Å². The number of hydrogen-bond acceptors (Lipinski definition) is 6. The number of fused-ring (bicyclic) bond motifs is 2. The van der Waals surface area contributed by atoms with Gasteiger partial charge in [0.15, 0.2) is 16.8 Å². The second-order valence-corrected chi connectivity index (χ2v) is 7.27. The van der Waals surface area contributed by atoms with Crippen LogP contribution in [0.4, 0.5) is 0 Å². The highest BCUT2D eigenvalue weighted by atomic mass is 16.5. The average molecular weight is 360 g/mol. The van der Waals surface area contributed by atoms with Crippen molar-refractivity contribution in [1.82, 2.24) is 0 Å². The summed E-state index contributed by atoms with van der Waals surface area (Å²) in [7, 11) is 1.50. The highest BCUT2D eigenvalue weighted by Crippen LogP contribution is 2.50. The molecule has 3 rings (SSSR count). The summed E-state index contributed by atoms with van der Waals surface area (Å²) in [5.41, 5.74) is 1.28. The molecule has 1 aromatic carbocycles. The Hall–Kier alpha value is -2.50. The number of aryl methyl sites for hydroxylation is 1. The predicted molar refractivity (Wildman–Crippen MR) is 97.5 cm³/mol. The molecule has 1 atom stereocenters. The number of esters is 1. The molecule has 0 saturated carbocycles. The molecule has 0 saturated heterocycles. The maximum atomic E-state index is 12.8. The van der Waals surface area contributed by atoms with Crippen LogP contribution in [0.1, 0.15) is 61.7 Å². The molecule has 0 bridgehead atoms. The van der Waals surface area contributed by atoms with E-state index in [0.29, 0.717) is 16.9 Å². The number of methoxy groups -OCH3 is 1. The minimum absolute atomic E-state index is 0.148. The predicted octanol–water partition coefficient (Wildman–Crippen LogP) is 3.95. The summed E-state index contributed by atoms with van der Waals surface area (Å²) < 4.78 is 22.5. The van der Waals surface area contributed by atoms with Gasteiger partial charge in [0.2, 0.25) is 11.5 Å². The van der Waals surface area contributed by atoms with E-state index in [9.17, 15) is 9.59 Å². The van der Waals surface area contributed by atoms with Crippen LogP contribution in [-0.4, -0.2) is 25.3 Å². The van der Waals surface area contributed by atoms with Crippen molar-refractivity contribution in [2.24, 2.45) is 0 Å². The number of carbonyl (C=O) groups is 1. The molecule has 0 radical (unpaired) electrons. The summed E-state index contributed by atoms with van der Waals surface area (Å²) in [4.78, 5) is 24.8. The number of rotatable bonds is 3. The van der Waals surface area contributed by atoms with E-state index in [1.54, 1.807) is 6.92 Å². The SMILES string of the molecule is CCOC(=O)c1cc(=O)c2c(C)c3c(c(OC)c2o1)OC(C)(C)CC3C. The van der Waals surface area contributed by atoms with E-state index < -0.39 is 5.97 Å². The number of ether oxygens (including phenoxy) is 3. The molecule has 0 amide bonds.